The van der Waals surface area contributed by atoms with Crippen molar-refractivity contribution >= 4 is 5.69 Å². The molecule has 112 valence electrons. The second-order valence-corrected chi connectivity index (χ2v) is 4.91. The van der Waals surface area contributed by atoms with Gasteiger partial charge < -0.3 is 15.2 Å². The maximum atomic E-state index is 13.6. The molecule has 1 saturated heterocycles. The third kappa shape index (κ3) is 3.04. The van der Waals surface area contributed by atoms with Crippen molar-refractivity contribution in [1.82, 2.24) is 0 Å². The first-order chi connectivity index (χ1) is 9.22. The van der Waals surface area contributed by atoms with Crippen LogP contribution in [0.1, 0.15) is 18.9 Å². The Morgan fingerprint density at radius 3 is 2.65 bits per heavy atom. The molecule has 0 amide bonds. The highest BCUT2D eigenvalue weighted by molar-refractivity contribution is 5.47. The Bertz CT molecular complexity index is 492. The van der Waals surface area contributed by atoms with Crippen molar-refractivity contribution in [3.8, 4) is 0 Å². The van der Waals surface area contributed by atoms with Crippen molar-refractivity contribution in [3.05, 3.63) is 29.6 Å². The van der Waals surface area contributed by atoms with Crippen LogP contribution in [0.5, 0.6) is 0 Å². The lowest BCUT2D eigenvalue weighted by Crippen LogP contribution is -2.43. The zero-order valence-electron chi connectivity index (χ0n) is 10.8. The molecule has 7 heteroatoms. The molecule has 2 atom stereocenters. The summed E-state index contributed by atoms with van der Waals surface area (Å²) in [6.45, 7) is 2.10. The Morgan fingerprint density at radius 2 is 2.15 bits per heavy atom. The van der Waals surface area contributed by atoms with Gasteiger partial charge in [0.2, 0.25) is 0 Å². The normalized spacial score (nSPS) is 26.8. The number of hydrogen-bond donors (Lipinski definition) is 2. The summed E-state index contributed by atoms with van der Waals surface area (Å²) < 4.78 is 56.0. The molecule has 1 aliphatic heterocycles. The zero-order chi connectivity index (χ0) is 15.0. The van der Waals surface area contributed by atoms with E-state index in [0.717, 1.165) is 12.1 Å². The molecule has 0 aromatic heterocycles. The van der Waals surface area contributed by atoms with Crippen molar-refractivity contribution in [2.45, 2.75) is 31.2 Å². The number of benzene rings is 1. The molecule has 0 spiro atoms. The molecular formula is C13H15F4NO2. The van der Waals surface area contributed by atoms with Gasteiger partial charge in [-0.15, -0.1) is 0 Å². The van der Waals surface area contributed by atoms with Gasteiger partial charge in [-0.05, 0) is 25.1 Å². The fraction of sp³-hybridized carbons (Fsp3) is 0.538. The van der Waals surface area contributed by atoms with Crippen LogP contribution in [0.2, 0.25) is 0 Å². The Balaban J connectivity index is 2.07. The first-order valence-corrected chi connectivity index (χ1v) is 6.17. The lowest BCUT2D eigenvalue weighted by Gasteiger charge is -2.26. The number of aliphatic hydroxyl groups is 1. The van der Waals surface area contributed by atoms with Crippen LogP contribution in [0.25, 0.3) is 0 Å². The molecule has 2 rings (SSSR count). The largest absolute Gasteiger partial charge is 0.416 e. The minimum atomic E-state index is -4.58. The molecule has 1 aromatic carbocycles. The quantitative estimate of drug-likeness (QED) is 0.842. The van der Waals surface area contributed by atoms with E-state index in [1.807, 2.05) is 0 Å². The van der Waals surface area contributed by atoms with Crippen LogP contribution >= 0.6 is 0 Å². The predicted molar refractivity (Wildman–Crippen MR) is 64.9 cm³/mol. The van der Waals surface area contributed by atoms with Crippen molar-refractivity contribution in [1.29, 1.82) is 0 Å². The molecule has 2 N–H and O–H groups in total. The second kappa shape index (κ2) is 5.21. The molecule has 0 radical (unpaired) electrons. The molecule has 0 aliphatic carbocycles. The number of hydrogen-bond acceptors (Lipinski definition) is 3. The van der Waals surface area contributed by atoms with Gasteiger partial charge in [0.15, 0.2) is 0 Å². The minimum absolute atomic E-state index is 0.0104. The van der Waals surface area contributed by atoms with Gasteiger partial charge >= 0.3 is 6.18 Å². The summed E-state index contributed by atoms with van der Waals surface area (Å²) in [5.41, 5.74) is -2.27. The Labute approximate surface area is 113 Å². The van der Waals surface area contributed by atoms with Gasteiger partial charge in [-0.1, -0.05) is 0 Å². The third-order valence-corrected chi connectivity index (χ3v) is 3.54. The highest BCUT2D eigenvalue weighted by Crippen LogP contribution is 2.32. The third-order valence-electron chi connectivity index (χ3n) is 3.54. The molecule has 2 unspecified atom stereocenters. The van der Waals surface area contributed by atoms with E-state index >= 15 is 0 Å². The summed E-state index contributed by atoms with van der Waals surface area (Å²) in [4.78, 5) is 0. The Hall–Kier alpha value is -1.34. The average Bonchev–Trinajstić information content (AvgIpc) is 2.67. The van der Waals surface area contributed by atoms with E-state index in [1.54, 1.807) is 6.92 Å². The van der Waals surface area contributed by atoms with E-state index in [2.05, 4.69) is 5.32 Å². The molecular weight excluding hydrogens is 278 g/mol. The zero-order valence-corrected chi connectivity index (χ0v) is 10.8. The van der Waals surface area contributed by atoms with Crippen LogP contribution < -0.4 is 5.32 Å². The van der Waals surface area contributed by atoms with Crippen molar-refractivity contribution < 1.29 is 27.4 Å². The smallest absolute Gasteiger partial charge is 0.385 e. The van der Waals surface area contributed by atoms with Crippen molar-refractivity contribution in [2.24, 2.45) is 0 Å². The van der Waals surface area contributed by atoms with E-state index in [4.69, 9.17) is 4.74 Å². The molecule has 1 heterocycles. The summed E-state index contributed by atoms with van der Waals surface area (Å²) in [5.74, 6) is -1.00. The van der Waals surface area contributed by atoms with E-state index < -0.39 is 29.3 Å². The molecule has 0 bridgehead atoms. The van der Waals surface area contributed by atoms with E-state index in [1.165, 1.54) is 0 Å². The first-order valence-electron chi connectivity index (χ1n) is 6.17. The fourth-order valence-corrected chi connectivity index (χ4v) is 2.09. The Kier molecular flexibility index (Phi) is 3.93. The number of nitrogens with one attached hydrogen (secondary N) is 1. The molecule has 1 aromatic rings. The van der Waals surface area contributed by atoms with Crippen LogP contribution in [0.4, 0.5) is 23.2 Å². The minimum Gasteiger partial charge on any atom is -0.385 e. The summed E-state index contributed by atoms with van der Waals surface area (Å²) >= 11 is 0. The van der Waals surface area contributed by atoms with Crippen LogP contribution in [-0.4, -0.2) is 30.0 Å². The van der Waals surface area contributed by atoms with Crippen LogP contribution in [0.3, 0.4) is 0 Å². The fourth-order valence-electron chi connectivity index (χ4n) is 2.09. The van der Waals surface area contributed by atoms with Crippen molar-refractivity contribution in [2.75, 3.05) is 18.5 Å². The highest BCUT2D eigenvalue weighted by atomic mass is 19.4. The van der Waals surface area contributed by atoms with Crippen LogP contribution in [-0.2, 0) is 10.9 Å². The van der Waals surface area contributed by atoms with E-state index in [0.29, 0.717) is 19.1 Å². The number of ether oxygens (including phenoxy) is 1. The van der Waals surface area contributed by atoms with Gasteiger partial charge in [0, 0.05) is 19.6 Å². The van der Waals surface area contributed by atoms with Crippen molar-refractivity contribution in [3.63, 3.8) is 0 Å². The van der Waals surface area contributed by atoms with Gasteiger partial charge in [-0.2, -0.15) is 13.2 Å². The topological polar surface area (TPSA) is 41.5 Å². The lowest BCUT2D eigenvalue weighted by atomic mass is 9.96. The van der Waals surface area contributed by atoms with Gasteiger partial charge in [-0.25, -0.2) is 4.39 Å². The standard InChI is InChI=1S/C13H15F4NO2/c1-8-12(19,4-5-20-8)7-18-11-3-2-9(6-10(11)14)13(15,16)17/h2-3,6,8,18-19H,4-5,7H2,1H3. The molecule has 1 fully saturated rings. The predicted octanol–water partition coefficient (Wildman–Crippen LogP) is 2.80. The van der Waals surface area contributed by atoms with Gasteiger partial charge in [0.25, 0.3) is 0 Å². The van der Waals surface area contributed by atoms with Gasteiger partial charge in [0.1, 0.15) is 11.4 Å². The summed E-state index contributed by atoms with van der Waals surface area (Å²) in [6, 6.07) is 2.24. The number of rotatable bonds is 3. The highest BCUT2D eigenvalue weighted by Gasteiger charge is 2.39. The number of anilines is 1. The molecule has 0 saturated carbocycles. The lowest BCUT2D eigenvalue weighted by molar-refractivity contribution is -0.137. The Morgan fingerprint density at radius 1 is 1.45 bits per heavy atom. The molecule has 20 heavy (non-hydrogen) atoms. The second-order valence-electron chi connectivity index (χ2n) is 4.91. The van der Waals surface area contributed by atoms with E-state index in [9.17, 15) is 22.7 Å². The maximum absolute atomic E-state index is 13.6. The maximum Gasteiger partial charge on any atom is 0.416 e. The average molecular weight is 293 g/mol. The number of halogens is 4. The summed E-state index contributed by atoms with van der Waals surface area (Å²) in [6.07, 6.45) is -4.60. The van der Waals surface area contributed by atoms with E-state index in [-0.39, 0.29) is 12.2 Å². The monoisotopic (exact) mass is 293 g/mol. The van der Waals surface area contributed by atoms with Crippen LogP contribution in [0, 0.1) is 5.82 Å². The summed E-state index contributed by atoms with van der Waals surface area (Å²) in [7, 11) is 0. The first kappa shape index (κ1) is 15.1. The summed E-state index contributed by atoms with van der Waals surface area (Å²) in [5, 5.41) is 12.8. The number of alkyl halides is 3. The van der Waals surface area contributed by atoms with Gasteiger partial charge in [-0.3, -0.25) is 0 Å². The van der Waals surface area contributed by atoms with Gasteiger partial charge in [0.05, 0.1) is 17.4 Å². The SMILES string of the molecule is CC1OCCC1(O)CNc1ccc(C(F)(F)F)cc1F. The molecule has 3 nitrogen and oxygen atoms in total. The van der Waals surface area contributed by atoms with Crippen LogP contribution in [0.15, 0.2) is 18.2 Å². The molecule has 1 aliphatic rings.